The van der Waals surface area contributed by atoms with E-state index in [1.807, 2.05) is 6.20 Å². The van der Waals surface area contributed by atoms with Crippen LogP contribution in [0, 0.1) is 5.92 Å². The summed E-state index contributed by atoms with van der Waals surface area (Å²) in [4.78, 5) is 5.63. The first kappa shape index (κ1) is 13.6. The number of thiazole rings is 1. The zero-order valence-corrected chi connectivity index (χ0v) is 11.0. The van der Waals surface area contributed by atoms with Crippen molar-refractivity contribution in [2.24, 2.45) is 5.92 Å². The van der Waals surface area contributed by atoms with Gasteiger partial charge in [-0.25, -0.2) is 4.98 Å². The van der Waals surface area contributed by atoms with E-state index in [9.17, 15) is 0 Å². The maximum Gasteiger partial charge on any atom is 0.0925 e. The number of aliphatic hydroxyl groups is 1. The van der Waals surface area contributed by atoms with Crippen molar-refractivity contribution in [1.29, 1.82) is 0 Å². The minimum absolute atomic E-state index is 0.300. The van der Waals surface area contributed by atoms with Crippen LogP contribution in [0.15, 0.2) is 6.20 Å². The van der Waals surface area contributed by atoms with E-state index < -0.39 is 0 Å². The molecule has 0 aliphatic carbocycles. The Hall–Kier alpha value is -0.450. The van der Waals surface area contributed by atoms with E-state index >= 15 is 0 Å². The third-order valence-electron chi connectivity index (χ3n) is 2.57. The van der Waals surface area contributed by atoms with Gasteiger partial charge >= 0.3 is 0 Å². The molecule has 0 saturated heterocycles. The highest BCUT2D eigenvalue weighted by Gasteiger charge is 2.01. The highest BCUT2D eigenvalue weighted by molar-refractivity contribution is 7.11. The van der Waals surface area contributed by atoms with Crippen LogP contribution in [0.25, 0.3) is 0 Å². The van der Waals surface area contributed by atoms with Crippen molar-refractivity contribution in [2.45, 2.75) is 39.7 Å². The van der Waals surface area contributed by atoms with Gasteiger partial charge < -0.3 is 10.4 Å². The second-order valence-electron chi connectivity index (χ2n) is 4.18. The third kappa shape index (κ3) is 5.05. The van der Waals surface area contributed by atoms with Crippen molar-refractivity contribution in [3.8, 4) is 0 Å². The van der Waals surface area contributed by atoms with Crippen LogP contribution in [-0.4, -0.2) is 23.2 Å². The standard InChI is InChI=1S/C12H22N2OS/c1-3-12-14-8-11(16-12)7-13-6-4-5-10(2)9-15/h8,10,13,15H,3-7,9H2,1-2H3. The number of hydrogen-bond acceptors (Lipinski definition) is 4. The minimum Gasteiger partial charge on any atom is -0.396 e. The first-order chi connectivity index (χ1) is 7.76. The molecule has 0 amide bonds. The molecule has 0 radical (unpaired) electrons. The molecule has 0 bridgehead atoms. The van der Waals surface area contributed by atoms with E-state index in [0.717, 1.165) is 32.4 Å². The van der Waals surface area contributed by atoms with Crippen molar-refractivity contribution in [1.82, 2.24) is 10.3 Å². The van der Waals surface area contributed by atoms with E-state index in [4.69, 9.17) is 5.11 Å². The molecular weight excluding hydrogens is 220 g/mol. The molecule has 1 aromatic heterocycles. The van der Waals surface area contributed by atoms with Crippen LogP contribution >= 0.6 is 11.3 Å². The van der Waals surface area contributed by atoms with Gasteiger partial charge in [-0.2, -0.15) is 0 Å². The van der Waals surface area contributed by atoms with Crippen LogP contribution in [-0.2, 0) is 13.0 Å². The van der Waals surface area contributed by atoms with E-state index in [-0.39, 0.29) is 0 Å². The number of nitrogens with one attached hydrogen (secondary N) is 1. The molecule has 0 saturated carbocycles. The smallest absolute Gasteiger partial charge is 0.0925 e. The van der Waals surface area contributed by atoms with Crippen LogP contribution < -0.4 is 5.32 Å². The van der Waals surface area contributed by atoms with Crippen molar-refractivity contribution in [3.05, 3.63) is 16.1 Å². The summed E-state index contributed by atoms with van der Waals surface area (Å²) in [5.41, 5.74) is 0. The van der Waals surface area contributed by atoms with Crippen LogP contribution in [0.3, 0.4) is 0 Å². The Kier molecular flexibility index (Phi) is 6.61. The molecule has 0 spiro atoms. The Balaban J connectivity index is 2.07. The summed E-state index contributed by atoms with van der Waals surface area (Å²) in [7, 11) is 0. The molecule has 1 unspecified atom stereocenters. The molecule has 1 rings (SSSR count). The quantitative estimate of drug-likeness (QED) is 0.687. The van der Waals surface area contributed by atoms with Crippen molar-refractivity contribution in [2.75, 3.05) is 13.2 Å². The van der Waals surface area contributed by atoms with Gasteiger partial charge in [-0.3, -0.25) is 0 Å². The zero-order chi connectivity index (χ0) is 11.8. The monoisotopic (exact) mass is 242 g/mol. The van der Waals surface area contributed by atoms with Crippen LogP contribution in [0.5, 0.6) is 0 Å². The number of rotatable bonds is 8. The molecule has 16 heavy (non-hydrogen) atoms. The summed E-state index contributed by atoms with van der Waals surface area (Å²) in [6.07, 6.45) is 5.21. The summed E-state index contributed by atoms with van der Waals surface area (Å²) in [5.74, 6) is 0.428. The van der Waals surface area contributed by atoms with Crippen LogP contribution in [0.4, 0.5) is 0 Å². The molecule has 3 nitrogen and oxygen atoms in total. The molecule has 2 N–H and O–H groups in total. The van der Waals surface area contributed by atoms with E-state index in [0.29, 0.717) is 12.5 Å². The molecular formula is C12H22N2OS. The molecule has 1 heterocycles. The van der Waals surface area contributed by atoms with Gasteiger partial charge in [0.05, 0.1) is 5.01 Å². The predicted molar refractivity (Wildman–Crippen MR) is 68.7 cm³/mol. The SMILES string of the molecule is CCc1ncc(CNCCCC(C)CO)s1. The maximum absolute atomic E-state index is 8.87. The average Bonchev–Trinajstić information content (AvgIpc) is 2.76. The summed E-state index contributed by atoms with van der Waals surface area (Å²) >= 11 is 1.79. The third-order valence-corrected chi connectivity index (χ3v) is 3.71. The number of aryl methyl sites for hydroxylation is 1. The average molecular weight is 242 g/mol. The first-order valence-electron chi connectivity index (χ1n) is 6.01. The Labute approximate surface area is 102 Å². The molecule has 0 aliphatic heterocycles. The summed E-state index contributed by atoms with van der Waals surface area (Å²) < 4.78 is 0. The van der Waals surface area contributed by atoms with Gasteiger partial charge in [0, 0.05) is 24.2 Å². The van der Waals surface area contributed by atoms with E-state index in [1.54, 1.807) is 11.3 Å². The van der Waals surface area contributed by atoms with Gasteiger partial charge in [-0.15, -0.1) is 11.3 Å². The van der Waals surface area contributed by atoms with Crippen molar-refractivity contribution < 1.29 is 5.11 Å². The zero-order valence-electron chi connectivity index (χ0n) is 10.2. The number of aliphatic hydroxyl groups excluding tert-OH is 1. The fourth-order valence-electron chi connectivity index (χ4n) is 1.47. The molecule has 92 valence electrons. The largest absolute Gasteiger partial charge is 0.396 e. The van der Waals surface area contributed by atoms with Crippen LogP contribution in [0.2, 0.25) is 0 Å². The summed E-state index contributed by atoms with van der Waals surface area (Å²) in [5, 5.41) is 13.5. The lowest BCUT2D eigenvalue weighted by molar-refractivity contribution is 0.228. The molecule has 0 fully saturated rings. The van der Waals surface area contributed by atoms with Gasteiger partial charge in [0.1, 0.15) is 0 Å². The van der Waals surface area contributed by atoms with Gasteiger partial charge in [0.25, 0.3) is 0 Å². The second kappa shape index (κ2) is 7.76. The Morgan fingerprint density at radius 3 is 3.00 bits per heavy atom. The highest BCUT2D eigenvalue weighted by atomic mass is 32.1. The van der Waals surface area contributed by atoms with Gasteiger partial charge in [0.15, 0.2) is 0 Å². The van der Waals surface area contributed by atoms with Crippen LogP contribution in [0.1, 0.15) is 36.6 Å². The van der Waals surface area contributed by atoms with Gasteiger partial charge in [0.2, 0.25) is 0 Å². The lowest BCUT2D eigenvalue weighted by atomic mass is 10.1. The number of aromatic nitrogens is 1. The highest BCUT2D eigenvalue weighted by Crippen LogP contribution is 2.12. The van der Waals surface area contributed by atoms with Gasteiger partial charge in [-0.1, -0.05) is 13.8 Å². The Morgan fingerprint density at radius 2 is 2.38 bits per heavy atom. The van der Waals surface area contributed by atoms with E-state index in [2.05, 4.69) is 24.1 Å². The number of hydrogen-bond donors (Lipinski definition) is 2. The lowest BCUT2D eigenvalue weighted by Crippen LogP contribution is -2.15. The number of nitrogens with zero attached hydrogens (tertiary/aromatic N) is 1. The Morgan fingerprint density at radius 1 is 1.56 bits per heavy atom. The normalized spacial score (nSPS) is 12.9. The summed E-state index contributed by atoms with van der Waals surface area (Å²) in [6.45, 7) is 6.45. The molecule has 0 aromatic carbocycles. The van der Waals surface area contributed by atoms with Crippen molar-refractivity contribution >= 4 is 11.3 Å². The minimum atomic E-state index is 0.300. The fourth-order valence-corrected chi connectivity index (χ4v) is 2.30. The van der Waals surface area contributed by atoms with Gasteiger partial charge in [-0.05, 0) is 31.7 Å². The lowest BCUT2D eigenvalue weighted by Gasteiger charge is -2.07. The Bertz CT molecular complexity index is 288. The fraction of sp³-hybridized carbons (Fsp3) is 0.750. The molecule has 1 aromatic rings. The first-order valence-corrected chi connectivity index (χ1v) is 6.83. The van der Waals surface area contributed by atoms with Crippen molar-refractivity contribution in [3.63, 3.8) is 0 Å². The molecule has 0 aliphatic rings. The molecule has 1 atom stereocenters. The topological polar surface area (TPSA) is 45.2 Å². The second-order valence-corrected chi connectivity index (χ2v) is 5.38. The van der Waals surface area contributed by atoms with E-state index in [1.165, 1.54) is 9.88 Å². The molecule has 4 heteroatoms. The summed E-state index contributed by atoms with van der Waals surface area (Å²) in [6, 6.07) is 0. The maximum atomic E-state index is 8.87. The predicted octanol–water partition coefficient (Wildman–Crippen LogP) is 2.20.